The summed E-state index contributed by atoms with van der Waals surface area (Å²) in [5.74, 6) is -4.62. The topological polar surface area (TPSA) is 104 Å². The highest BCUT2D eigenvalue weighted by Gasteiger charge is 2.47. The maximum atomic E-state index is 13.3. The molecule has 7 nitrogen and oxygen atoms in total. The lowest BCUT2D eigenvalue weighted by Gasteiger charge is -2.16. The number of hydrogen-bond donors (Lipinski definition) is 2. The first-order valence-electron chi connectivity index (χ1n) is 8.88. The Hall–Kier alpha value is -2.97. The average Bonchev–Trinajstić information content (AvgIpc) is 2.86. The lowest BCUT2D eigenvalue weighted by molar-refractivity contribution is -0.139. The van der Waals surface area contributed by atoms with Crippen LogP contribution in [0, 0.1) is 0 Å². The minimum Gasteiger partial charge on any atom is -0.490 e. The van der Waals surface area contributed by atoms with E-state index in [0.29, 0.717) is 16.5 Å². The summed E-state index contributed by atoms with van der Waals surface area (Å²) in [5, 5.41) is 3.53. The molecule has 0 bridgehead atoms. The van der Waals surface area contributed by atoms with E-state index in [9.17, 15) is 18.4 Å². The molecule has 0 saturated carbocycles. The van der Waals surface area contributed by atoms with Gasteiger partial charge in [0.25, 0.3) is 11.8 Å². The summed E-state index contributed by atoms with van der Waals surface area (Å²) < 4.78 is 37.9. The van der Waals surface area contributed by atoms with Crippen LogP contribution in [-0.2, 0) is 4.79 Å². The monoisotopic (exact) mass is 393 g/mol. The Bertz CT molecular complexity index is 917. The lowest BCUT2D eigenvalue weighted by atomic mass is 10.1. The maximum Gasteiger partial charge on any atom is 0.326 e. The van der Waals surface area contributed by atoms with Crippen molar-refractivity contribution in [2.45, 2.75) is 44.8 Å². The number of amides is 2. The van der Waals surface area contributed by atoms with Crippen molar-refractivity contribution in [3.63, 3.8) is 0 Å². The van der Waals surface area contributed by atoms with Crippen molar-refractivity contribution >= 4 is 22.6 Å². The van der Waals surface area contributed by atoms with Crippen LogP contribution >= 0.6 is 0 Å². The molecule has 1 aromatic heterocycles. The van der Waals surface area contributed by atoms with Gasteiger partial charge in [0, 0.05) is 30.5 Å². The lowest BCUT2D eigenvalue weighted by Crippen LogP contribution is -2.31. The van der Waals surface area contributed by atoms with Crippen molar-refractivity contribution in [1.29, 1.82) is 0 Å². The van der Waals surface area contributed by atoms with Gasteiger partial charge in [-0.15, -0.1) is 0 Å². The third-order valence-corrected chi connectivity index (χ3v) is 4.33. The first kappa shape index (κ1) is 19.8. The summed E-state index contributed by atoms with van der Waals surface area (Å²) in [6, 6.07) is 4.27. The molecular weight excluding hydrogens is 372 g/mol. The fourth-order valence-electron chi connectivity index (χ4n) is 3.05. The second-order valence-corrected chi connectivity index (χ2v) is 6.93. The fraction of sp³-hybridized carbons (Fsp3) is 0.421. The third-order valence-electron chi connectivity index (χ3n) is 4.33. The van der Waals surface area contributed by atoms with E-state index in [0.717, 1.165) is 0 Å². The van der Waals surface area contributed by atoms with E-state index in [1.165, 1.54) is 6.20 Å². The molecule has 0 aliphatic carbocycles. The Kier molecular flexibility index (Phi) is 5.35. The number of primary amides is 1. The predicted molar refractivity (Wildman–Crippen MR) is 97.6 cm³/mol. The van der Waals surface area contributed by atoms with Crippen LogP contribution in [-0.4, -0.2) is 41.5 Å². The molecule has 1 atom stereocenters. The van der Waals surface area contributed by atoms with Crippen molar-refractivity contribution in [1.82, 2.24) is 10.3 Å². The largest absolute Gasteiger partial charge is 0.490 e. The first-order chi connectivity index (χ1) is 13.2. The van der Waals surface area contributed by atoms with Gasteiger partial charge in [-0.3, -0.25) is 9.59 Å². The van der Waals surface area contributed by atoms with Gasteiger partial charge in [0.2, 0.25) is 5.88 Å². The number of nitrogens with two attached hydrogens (primary N) is 1. The van der Waals surface area contributed by atoms with Crippen LogP contribution in [0.3, 0.4) is 0 Å². The fourth-order valence-corrected chi connectivity index (χ4v) is 3.05. The molecule has 1 aliphatic heterocycles. The number of halogens is 2. The van der Waals surface area contributed by atoms with E-state index in [1.807, 2.05) is 13.8 Å². The van der Waals surface area contributed by atoms with Crippen LogP contribution in [0.15, 0.2) is 24.4 Å². The zero-order valence-electron chi connectivity index (χ0n) is 15.5. The number of ether oxygens (including phenoxy) is 2. The van der Waals surface area contributed by atoms with Crippen LogP contribution < -0.4 is 20.5 Å². The predicted octanol–water partition coefficient (Wildman–Crippen LogP) is 2.41. The normalized spacial score (nSPS) is 18.3. The highest BCUT2D eigenvalue weighted by atomic mass is 19.3. The smallest absolute Gasteiger partial charge is 0.326 e. The first-order valence-corrected chi connectivity index (χ1v) is 8.88. The van der Waals surface area contributed by atoms with Crippen molar-refractivity contribution in [3.8, 4) is 11.6 Å². The molecule has 1 aliphatic rings. The summed E-state index contributed by atoms with van der Waals surface area (Å²) in [6.07, 6.45) is 1.00. The number of carbonyl (C=O) groups is 2. The average molecular weight is 393 g/mol. The van der Waals surface area contributed by atoms with Gasteiger partial charge in [-0.1, -0.05) is 0 Å². The van der Waals surface area contributed by atoms with Crippen molar-refractivity contribution in [2.75, 3.05) is 6.61 Å². The highest BCUT2D eigenvalue weighted by Crippen LogP contribution is 2.32. The third kappa shape index (κ3) is 4.13. The number of hydrogen-bond acceptors (Lipinski definition) is 5. The van der Waals surface area contributed by atoms with Gasteiger partial charge in [0.15, 0.2) is 0 Å². The van der Waals surface area contributed by atoms with Crippen molar-refractivity contribution in [3.05, 3.63) is 30.0 Å². The molecule has 0 radical (unpaired) electrons. The molecule has 3 N–H and O–H groups in total. The molecule has 2 amide bonds. The minimum absolute atomic E-state index is 0.0884. The number of carbonyl (C=O) groups excluding carboxylic acids is 2. The molecule has 3 rings (SSSR count). The zero-order valence-corrected chi connectivity index (χ0v) is 15.5. The molecule has 1 aromatic carbocycles. The van der Waals surface area contributed by atoms with Crippen LogP contribution in [0.5, 0.6) is 11.6 Å². The van der Waals surface area contributed by atoms with Gasteiger partial charge >= 0.3 is 5.92 Å². The molecule has 1 saturated heterocycles. The van der Waals surface area contributed by atoms with Gasteiger partial charge in [0.1, 0.15) is 5.75 Å². The summed E-state index contributed by atoms with van der Waals surface area (Å²) in [4.78, 5) is 27.1. The number of fused-ring (bicyclic) bond motifs is 1. The van der Waals surface area contributed by atoms with Gasteiger partial charge in [0.05, 0.1) is 18.3 Å². The Labute approximate surface area is 160 Å². The number of nitrogens with one attached hydrogen (secondary N) is 1. The quantitative estimate of drug-likeness (QED) is 0.752. The van der Waals surface area contributed by atoms with Gasteiger partial charge in [-0.05, 0) is 37.4 Å². The number of benzene rings is 1. The van der Waals surface area contributed by atoms with Crippen LogP contribution in [0.25, 0.3) is 10.8 Å². The SMILES string of the molecule is CC(C)Oc1cc2c(OCC[C@@H]3CC(F)(F)C(=O)N3)nccc2cc1C(N)=O. The maximum absolute atomic E-state index is 13.3. The summed E-state index contributed by atoms with van der Waals surface area (Å²) in [7, 11) is 0. The molecule has 0 spiro atoms. The van der Waals surface area contributed by atoms with E-state index in [1.54, 1.807) is 18.2 Å². The molecule has 1 fully saturated rings. The number of alkyl halides is 2. The molecule has 2 aromatic rings. The van der Waals surface area contributed by atoms with Gasteiger partial charge in [-0.25, -0.2) is 4.98 Å². The Morgan fingerprint density at radius 1 is 1.43 bits per heavy atom. The summed E-state index contributed by atoms with van der Waals surface area (Å²) in [5.41, 5.74) is 5.69. The second kappa shape index (κ2) is 7.57. The molecule has 0 unspecified atom stereocenters. The highest BCUT2D eigenvalue weighted by molar-refractivity contribution is 6.01. The van der Waals surface area contributed by atoms with Crippen LogP contribution in [0.2, 0.25) is 0 Å². The van der Waals surface area contributed by atoms with Gasteiger partial charge in [-0.2, -0.15) is 8.78 Å². The Morgan fingerprint density at radius 2 is 2.18 bits per heavy atom. The zero-order chi connectivity index (χ0) is 20.5. The van der Waals surface area contributed by atoms with Gasteiger partial charge < -0.3 is 20.5 Å². The molecular formula is C19H21F2N3O4. The number of rotatable bonds is 7. The number of aromatic nitrogens is 1. The molecule has 28 heavy (non-hydrogen) atoms. The van der Waals surface area contributed by atoms with E-state index >= 15 is 0 Å². The standard InChI is InChI=1S/C19H21F2N3O4/c1-10(2)28-15-8-13-11(7-14(15)16(22)25)3-5-23-17(13)27-6-4-12-9-19(20,21)18(26)24-12/h3,5,7-8,10,12H,4,6,9H2,1-2H3,(H2,22,25)(H,24,26)/t12-/m1/s1. The Balaban J connectivity index is 1.79. The van der Waals surface area contributed by atoms with Crippen LogP contribution in [0.1, 0.15) is 37.0 Å². The summed E-state index contributed by atoms with van der Waals surface area (Å²) >= 11 is 0. The minimum atomic E-state index is -3.34. The molecule has 2 heterocycles. The Morgan fingerprint density at radius 3 is 2.79 bits per heavy atom. The number of pyridine rings is 1. The summed E-state index contributed by atoms with van der Waals surface area (Å²) in [6.45, 7) is 3.73. The molecule has 9 heteroatoms. The van der Waals surface area contributed by atoms with Crippen molar-refractivity contribution < 1.29 is 27.8 Å². The molecule has 150 valence electrons. The van der Waals surface area contributed by atoms with E-state index in [4.69, 9.17) is 15.2 Å². The van der Waals surface area contributed by atoms with E-state index in [2.05, 4.69) is 10.3 Å². The number of nitrogens with zero attached hydrogens (tertiary/aromatic N) is 1. The van der Waals surface area contributed by atoms with E-state index < -0.39 is 30.2 Å². The van der Waals surface area contributed by atoms with E-state index in [-0.39, 0.29) is 30.6 Å². The van der Waals surface area contributed by atoms with Crippen molar-refractivity contribution in [2.24, 2.45) is 5.73 Å². The second-order valence-electron chi connectivity index (χ2n) is 6.93. The van der Waals surface area contributed by atoms with Crippen LogP contribution in [0.4, 0.5) is 8.78 Å².